The lowest BCUT2D eigenvalue weighted by molar-refractivity contribution is 0.0950. The highest BCUT2D eigenvalue weighted by Crippen LogP contribution is 2.19. The van der Waals surface area contributed by atoms with Crippen LogP contribution in [-0.4, -0.2) is 53.1 Å². The van der Waals surface area contributed by atoms with Gasteiger partial charge in [0.05, 0.1) is 0 Å². The maximum atomic E-state index is 12.5. The Morgan fingerprint density at radius 2 is 1.71 bits per heavy atom. The molecule has 2 amide bonds. The average molecular weight is 514 g/mol. The molecule has 0 atom stereocenters. The number of rotatable bonds is 10. The first-order valence-corrected chi connectivity index (χ1v) is 12.9. The van der Waals surface area contributed by atoms with E-state index in [1.165, 1.54) is 19.3 Å². The molecule has 1 aliphatic rings. The molecular weight excluding hydrogens is 486 g/mol. The molecule has 1 fully saturated rings. The summed E-state index contributed by atoms with van der Waals surface area (Å²) in [7, 11) is 0. The molecule has 0 spiro atoms. The summed E-state index contributed by atoms with van der Waals surface area (Å²) in [6.07, 6.45) is 4.81. The zero-order valence-electron chi connectivity index (χ0n) is 19.3. The fraction of sp³-hybridized carbons (Fsp3) is 0.360. The number of benzene rings is 2. The number of amides is 2. The quantitative estimate of drug-likeness (QED) is 0.384. The normalized spacial score (nSPS) is 13.9. The molecule has 2 N–H and O–H groups in total. The lowest BCUT2D eigenvalue weighted by Crippen LogP contribution is -2.33. The van der Waals surface area contributed by atoms with E-state index in [0.717, 1.165) is 37.4 Å². The van der Waals surface area contributed by atoms with E-state index in [9.17, 15) is 9.59 Å². The second-order valence-electron chi connectivity index (χ2n) is 8.29. The Morgan fingerprint density at radius 1 is 0.971 bits per heavy atom. The van der Waals surface area contributed by atoms with Crippen LogP contribution in [0.3, 0.4) is 0 Å². The van der Waals surface area contributed by atoms with Crippen LogP contribution in [0.25, 0.3) is 0 Å². The minimum absolute atomic E-state index is 0.115. The molecule has 1 aliphatic heterocycles. The summed E-state index contributed by atoms with van der Waals surface area (Å²) in [5.41, 5.74) is 1.13. The number of anilines is 1. The molecule has 0 aliphatic carbocycles. The number of likely N-dealkylation sites (tertiary alicyclic amines) is 1. The van der Waals surface area contributed by atoms with Gasteiger partial charge in [-0.3, -0.25) is 9.59 Å². The van der Waals surface area contributed by atoms with Crippen LogP contribution in [0, 0.1) is 0 Å². The third-order valence-corrected chi connectivity index (χ3v) is 6.77. The van der Waals surface area contributed by atoms with Crippen LogP contribution in [-0.2, 0) is 6.61 Å². The molecule has 0 bridgehead atoms. The maximum absolute atomic E-state index is 12.5. The lowest BCUT2D eigenvalue weighted by Gasteiger charge is -2.26. The van der Waals surface area contributed by atoms with Crippen molar-refractivity contribution in [1.82, 2.24) is 20.4 Å². The number of halogens is 1. The van der Waals surface area contributed by atoms with Crippen molar-refractivity contribution in [3.63, 3.8) is 0 Å². The molecule has 35 heavy (non-hydrogen) atoms. The van der Waals surface area contributed by atoms with E-state index in [-0.39, 0.29) is 23.4 Å². The van der Waals surface area contributed by atoms with Crippen LogP contribution in [0.15, 0.2) is 48.5 Å². The number of aromatic nitrogens is 2. The number of ether oxygens (including phenoxy) is 1. The van der Waals surface area contributed by atoms with Crippen molar-refractivity contribution in [1.29, 1.82) is 0 Å². The minimum atomic E-state index is -0.366. The van der Waals surface area contributed by atoms with Gasteiger partial charge in [0, 0.05) is 22.8 Å². The number of hydrogen-bond acceptors (Lipinski definition) is 7. The van der Waals surface area contributed by atoms with Gasteiger partial charge in [-0.05, 0) is 87.4 Å². The van der Waals surface area contributed by atoms with Crippen molar-refractivity contribution in [3.05, 3.63) is 69.1 Å². The van der Waals surface area contributed by atoms with E-state index in [2.05, 4.69) is 25.7 Å². The highest BCUT2D eigenvalue weighted by Gasteiger charge is 2.14. The standard InChI is InChI=1S/C25H28ClN5O3S/c26-19-7-11-21(12-8-19)34-17-22-29-30-25(35-22)24(33)28-20-9-5-18(6-10-20)23(32)27-13-4-16-31-14-2-1-3-15-31/h5-12H,1-4,13-17H2,(H,27,32)(H,28,33). The summed E-state index contributed by atoms with van der Waals surface area (Å²) < 4.78 is 5.64. The lowest BCUT2D eigenvalue weighted by atomic mass is 10.1. The van der Waals surface area contributed by atoms with Gasteiger partial charge in [0.15, 0.2) is 5.01 Å². The van der Waals surface area contributed by atoms with Crippen molar-refractivity contribution >= 4 is 40.4 Å². The number of carbonyl (C=O) groups excluding carboxylic acids is 2. The fourth-order valence-electron chi connectivity index (χ4n) is 3.76. The first kappa shape index (κ1) is 25.1. The second kappa shape index (κ2) is 12.6. The fourth-order valence-corrected chi connectivity index (χ4v) is 4.53. The van der Waals surface area contributed by atoms with Crippen molar-refractivity contribution in [2.24, 2.45) is 0 Å². The second-order valence-corrected chi connectivity index (χ2v) is 9.79. The van der Waals surface area contributed by atoms with Gasteiger partial charge in [-0.15, -0.1) is 10.2 Å². The minimum Gasteiger partial charge on any atom is -0.486 e. The smallest absolute Gasteiger partial charge is 0.286 e. The average Bonchev–Trinajstić information content (AvgIpc) is 3.37. The largest absolute Gasteiger partial charge is 0.486 e. The van der Waals surface area contributed by atoms with Gasteiger partial charge in [0.1, 0.15) is 12.4 Å². The van der Waals surface area contributed by atoms with Crippen LogP contribution < -0.4 is 15.4 Å². The molecule has 10 heteroatoms. The molecule has 8 nitrogen and oxygen atoms in total. The highest BCUT2D eigenvalue weighted by molar-refractivity contribution is 7.13. The first-order valence-electron chi connectivity index (χ1n) is 11.7. The molecule has 184 valence electrons. The molecule has 2 aromatic carbocycles. The van der Waals surface area contributed by atoms with Crippen molar-refractivity contribution in [3.8, 4) is 5.75 Å². The SMILES string of the molecule is O=C(NCCCN1CCCCC1)c1ccc(NC(=O)c2nnc(COc3ccc(Cl)cc3)s2)cc1. The number of piperidine rings is 1. The van der Waals surface area contributed by atoms with E-state index < -0.39 is 0 Å². The zero-order chi connectivity index (χ0) is 24.5. The monoisotopic (exact) mass is 513 g/mol. The predicted octanol–water partition coefficient (Wildman–Crippen LogP) is 4.63. The predicted molar refractivity (Wildman–Crippen MR) is 137 cm³/mol. The van der Waals surface area contributed by atoms with Gasteiger partial charge in [0.2, 0.25) is 5.01 Å². The molecular formula is C25H28ClN5O3S. The Morgan fingerprint density at radius 3 is 2.46 bits per heavy atom. The third-order valence-electron chi connectivity index (χ3n) is 5.63. The molecule has 0 radical (unpaired) electrons. The zero-order valence-corrected chi connectivity index (χ0v) is 20.9. The van der Waals surface area contributed by atoms with E-state index >= 15 is 0 Å². The van der Waals surface area contributed by atoms with Crippen LogP contribution >= 0.6 is 22.9 Å². The first-order chi connectivity index (χ1) is 17.1. The van der Waals surface area contributed by atoms with Gasteiger partial charge >= 0.3 is 0 Å². The maximum Gasteiger partial charge on any atom is 0.286 e. The summed E-state index contributed by atoms with van der Waals surface area (Å²) in [5.74, 6) is 0.174. The van der Waals surface area contributed by atoms with Crippen LogP contribution in [0.1, 0.15) is 50.9 Å². The van der Waals surface area contributed by atoms with Crippen LogP contribution in [0.2, 0.25) is 5.02 Å². The Bertz CT molecular complexity index is 1110. The molecule has 2 heterocycles. The van der Waals surface area contributed by atoms with Crippen molar-refractivity contribution < 1.29 is 14.3 Å². The topological polar surface area (TPSA) is 96.5 Å². The molecule has 3 aromatic rings. The Balaban J connectivity index is 1.20. The molecule has 1 aromatic heterocycles. The Kier molecular flexibility index (Phi) is 9.05. The summed E-state index contributed by atoms with van der Waals surface area (Å²) >= 11 is 7.03. The molecule has 0 saturated carbocycles. The summed E-state index contributed by atoms with van der Waals surface area (Å²) in [6, 6.07) is 13.8. The Hall–Kier alpha value is -3.01. The van der Waals surface area contributed by atoms with Gasteiger partial charge in [-0.1, -0.05) is 29.4 Å². The molecule has 1 saturated heterocycles. The third kappa shape index (κ3) is 7.74. The van der Waals surface area contributed by atoms with E-state index in [0.29, 0.717) is 33.6 Å². The summed E-state index contributed by atoms with van der Waals surface area (Å²) in [5, 5.41) is 15.2. The summed E-state index contributed by atoms with van der Waals surface area (Å²) in [6.45, 7) is 4.20. The number of nitrogens with zero attached hydrogens (tertiary/aromatic N) is 3. The number of carbonyl (C=O) groups is 2. The van der Waals surface area contributed by atoms with E-state index in [1.54, 1.807) is 48.5 Å². The van der Waals surface area contributed by atoms with Gasteiger partial charge in [-0.2, -0.15) is 0 Å². The van der Waals surface area contributed by atoms with Gasteiger partial charge < -0.3 is 20.3 Å². The number of hydrogen-bond donors (Lipinski definition) is 2. The van der Waals surface area contributed by atoms with E-state index in [4.69, 9.17) is 16.3 Å². The van der Waals surface area contributed by atoms with Crippen LogP contribution in [0.5, 0.6) is 5.75 Å². The van der Waals surface area contributed by atoms with Crippen molar-refractivity contribution in [2.45, 2.75) is 32.3 Å². The summed E-state index contributed by atoms with van der Waals surface area (Å²) in [4.78, 5) is 27.4. The van der Waals surface area contributed by atoms with Gasteiger partial charge in [0.25, 0.3) is 11.8 Å². The van der Waals surface area contributed by atoms with Crippen molar-refractivity contribution in [2.75, 3.05) is 31.5 Å². The highest BCUT2D eigenvalue weighted by atomic mass is 35.5. The Labute approximate surface area is 213 Å². The molecule has 4 rings (SSSR count). The van der Waals surface area contributed by atoms with Gasteiger partial charge in [-0.25, -0.2) is 0 Å². The van der Waals surface area contributed by atoms with Crippen LogP contribution in [0.4, 0.5) is 5.69 Å². The number of nitrogens with one attached hydrogen (secondary N) is 2. The molecule has 0 unspecified atom stereocenters. The van der Waals surface area contributed by atoms with E-state index in [1.807, 2.05) is 0 Å².